The van der Waals surface area contributed by atoms with Gasteiger partial charge in [0.2, 0.25) is 0 Å². The van der Waals surface area contributed by atoms with E-state index < -0.39 is 0 Å². The zero-order valence-corrected chi connectivity index (χ0v) is 14.1. The average Bonchev–Trinajstić information content (AvgIpc) is 2.72. The quantitative estimate of drug-likeness (QED) is 0.869. The Bertz CT molecular complexity index is 408. The van der Waals surface area contributed by atoms with Gasteiger partial charge in [-0.3, -0.25) is 4.90 Å². The van der Waals surface area contributed by atoms with E-state index in [-0.39, 0.29) is 0 Å². The highest BCUT2D eigenvalue weighted by molar-refractivity contribution is 7.11. The van der Waals surface area contributed by atoms with Gasteiger partial charge < -0.3 is 10.2 Å². The Morgan fingerprint density at radius 2 is 1.95 bits per heavy atom. The summed E-state index contributed by atoms with van der Waals surface area (Å²) in [7, 11) is 2.20. The van der Waals surface area contributed by atoms with E-state index in [2.05, 4.69) is 42.9 Å². The maximum absolute atomic E-state index is 4.74. The van der Waals surface area contributed by atoms with Crippen LogP contribution in [0, 0.1) is 12.8 Å². The first-order valence-electron chi connectivity index (χ1n) is 7.61. The fourth-order valence-electron chi connectivity index (χ4n) is 2.39. The second-order valence-electron chi connectivity index (χ2n) is 6.22. The van der Waals surface area contributed by atoms with Gasteiger partial charge in [-0.05, 0) is 26.4 Å². The van der Waals surface area contributed by atoms with Gasteiger partial charge in [-0.1, -0.05) is 13.8 Å². The summed E-state index contributed by atoms with van der Waals surface area (Å²) in [6.45, 7) is 14.3. The zero-order valence-electron chi connectivity index (χ0n) is 13.3. The molecule has 1 fully saturated rings. The Morgan fingerprint density at radius 3 is 2.60 bits per heavy atom. The van der Waals surface area contributed by atoms with Gasteiger partial charge in [0, 0.05) is 37.6 Å². The van der Waals surface area contributed by atoms with E-state index in [1.807, 2.05) is 11.3 Å². The summed E-state index contributed by atoms with van der Waals surface area (Å²) in [5, 5.41) is 4.79. The summed E-state index contributed by atoms with van der Waals surface area (Å²) in [6.07, 6.45) is 0. The van der Waals surface area contributed by atoms with Crippen molar-refractivity contribution >= 4 is 11.3 Å². The standard InChI is InChI=1S/C15H28N4S/c1-12(2)9-16-10-14-13(3)17-15(20-14)11-19-7-5-18(4)6-8-19/h12,16H,5-11H2,1-4H3. The lowest BCUT2D eigenvalue weighted by molar-refractivity contribution is 0.148. The topological polar surface area (TPSA) is 31.4 Å². The molecular formula is C15H28N4S. The van der Waals surface area contributed by atoms with Crippen molar-refractivity contribution in [3.05, 3.63) is 15.6 Å². The highest BCUT2D eigenvalue weighted by Crippen LogP contribution is 2.20. The molecule has 1 N–H and O–H groups in total. The second-order valence-corrected chi connectivity index (χ2v) is 7.39. The minimum Gasteiger partial charge on any atom is -0.312 e. The first-order valence-corrected chi connectivity index (χ1v) is 8.43. The molecule has 5 heteroatoms. The molecule has 1 aromatic rings. The molecule has 0 bridgehead atoms. The fraction of sp³-hybridized carbons (Fsp3) is 0.800. The molecule has 0 aliphatic carbocycles. The monoisotopic (exact) mass is 296 g/mol. The lowest BCUT2D eigenvalue weighted by atomic mass is 10.2. The number of rotatable bonds is 6. The van der Waals surface area contributed by atoms with Crippen molar-refractivity contribution in [2.75, 3.05) is 39.8 Å². The van der Waals surface area contributed by atoms with Gasteiger partial charge in [-0.25, -0.2) is 4.98 Å². The minimum absolute atomic E-state index is 0.702. The number of nitrogens with zero attached hydrogens (tertiary/aromatic N) is 3. The molecule has 0 atom stereocenters. The molecule has 0 aromatic carbocycles. The van der Waals surface area contributed by atoms with Gasteiger partial charge >= 0.3 is 0 Å². The van der Waals surface area contributed by atoms with Crippen molar-refractivity contribution in [1.29, 1.82) is 0 Å². The summed E-state index contributed by atoms with van der Waals surface area (Å²) < 4.78 is 0. The Labute approximate surface area is 127 Å². The van der Waals surface area contributed by atoms with Gasteiger partial charge in [0.05, 0.1) is 12.2 Å². The number of nitrogens with one attached hydrogen (secondary N) is 1. The molecule has 2 heterocycles. The Hall–Kier alpha value is -0.490. The lowest BCUT2D eigenvalue weighted by Gasteiger charge is -2.31. The van der Waals surface area contributed by atoms with Gasteiger partial charge in [0.15, 0.2) is 0 Å². The zero-order chi connectivity index (χ0) is 14.5. The van der Waals surface area contributed by atoms with Crippen LogP contribution >= 0.6 is 11.3 Å². The maximum atomic E-state index is 4.74. The van der Waals surface area contributed by atoms with Crippen molar-refractivity contribution in [2.24, 2.45) is 5.92 Å². The van der Waals surface area contributed by atoms with E-state index in [0.717, 1.165) is 32.7 Å². The number of likely N-dealkylation sites (N-methyl/N-ethyl adjacent to an activating group) is 1. The van der Waals surface area contributed by atoms with E-state index in [9.17, 15) is 0 Å². The van der Waals surface area contributed by atoms with Crippen LogP contribution in [-0.2, 0) is 13.1 Å². The van der Waals surface area contributed by atoms with Crippen molar-refractivity contribution < 1.29 is 0 Å². The van der Waals surface area contributed by atoms with Crippen LogP contribution in [0.4, 0.5) is 0 Å². The van der Waals surface area contributed by atoms with Gasteiger partial charge in [-0.2, -0.15) is 0 Å². The number of piperazine rings is 1. The van der Waals surface area contributed by atoms with Crippen LogP contribution in [0.15, 0.2) is 0 Å². The van der Waals surface area contributed by atoms with Crippen LogP contribution in [0.25, 0.3) is 0 Å². The van der Waals surface area contributed by atoms with Crippen molar-refractivity contribution in [3.8, 4) is 0 Å². The largest absolute Gasteiger partial charge is 0.312 e. The molecule has 114 valence electrons. The first-order chi connectivity index (χ1) is 9.54. The van der Waals surface area contributed by atoms with Gasteiger partial charge in [0.1, 0.15) is 5.01 Å². The molecule has 1 aromatic heterocycles. The highest BCUT2D eigenvalue weighted by atomic mass is 32.1. The van der Waals surface area contributed by atoms with E-state index in [1.54, 1.807) is 0 Å². The number of hydrogen-bond acceptors (Lipinski definition) is 5. The number of aromatic nitrogens is 1. The van der Waals surface area contributed by atoms with Gasteiger partial charge in [0.25, 0.3) is 0 Å². The Morgan fingerprint density at radius 1 is 1.25 bits per heavy atom. The highest BCUT2D eigenvalue weighted by Gasteiger charge is 2.16. The van der Waals surface area contributed by atoms with Crippen LogP contribution in [-0.4, -0.2) is 54.6 Å². The minimum atomic E-state index is 0.702. The van der Waals surface area contributed by atoms with Crippen LogP contribution in [0.1, 0.15) is 29.4 Å². The van der Waals surface area contributed by atoms with Crippen LogP contribution < -0.4 is 5.32 Å². The third-order valence-corrected chi connectivity index (χ3v) is 4.87. The predicted molar refractivity (Wildman–Crippen MR) is 86.2 cm³/mol. The lowest BCUT2D eigenvalue weighted by Crippen LogP contribution is -2.43. The summed E-state index contributed by atoms with van der Waals surface area (Å²) in [6, 6.07) is 0. The average molecular weight is 296 g/mol. The smallest absolute Gasteiger partial charge is 0.107 e. The summed E-state index contributed by atoms with van der Waals surface area (Å²) in [4.78, 5) is 11.1. The van der Waals surface area contributed by atoms with E-state index >= 15 is 0 Å². The van der Waals surface area contributed by atoms with E-state index in [1.165, 1.54) is 28.7 Å². The Kier molecular flexibility index (Phi) is 5.96. The second kappa shape index (κ2) is 7.50. The summed E-state index contributed by atoms with van der Waals surface area (Å²) in [5.41, 5.74) is 1.20. The Balaban J connectivity index is 1.83. The van der Waals surface area contributed by atoms with Crippen LogP contribution in [0.2, 0.25) is 0 Å². The van der Waals surface area contributed by atoms with E-state index in [0.29, 0.717) is 5.92 Å². The van der Waals surface area contributed by atoms with Crippen molar-refractivity contribution in [3.63, 3.8) is 0 Å². The molecule has 1 saturated heterocycles. The number of thiazole rings is 1. The molecule has 0 saturated carbocycles. The molecule has 1 aliphatic heterocycles. The molecule has 20 heavy (non-hydrogen) atoms. The number of hydrogen-bond donors (Lipinski definition) is 1. The third kappa shape index (κ3) is 4.81. The first kappa shape index (κ1) is 15.9. The van der Waals surface area contributed by atoms with Crippen LogP contribution in [0.5, 0.6) is 0 Å². The summed E-state index contributed by atoms with van der Waals surface area (Å²) >= 11 is 1.88. The molecule has 2 rings (SSSR count). The van der Waals surface area contributed by atoms with Crippen molar-refractivity contribution in [2.45, 2.75) is 33.9 Å². The van der Waals surface area contributed by atoms with Crippen LogP contribution in [0.3, 0.4) is 0 Å². The van der Waals surface area contributed by atoms with Gasteiger partial charge in [-0.15, -0.1) is 11.3 Å². The molecule has 0 amide bonds. The molecule has 0 spiro atoms. The maximum Gasteiger partial charge on any atom is 0.107 e. The molecule has 4 nitrogen and oxygen atoms in total. The third-order valence-electron chi connectivity index (χ3n) is 3.73. The number of aryl methyl sites for hydroxylation is 1. The summed E-state index contributed by atoms with van der Waals surface area (Å²) in [5.74, 6) is 0.702. The molecule has 0 unspecified atom stereocenters. The molecule has 0 radical (unpaired) electrons. The predicted octanol–water partition coefficient (Wildman–Crippen LogP) is 1.94. The van der Waals surface area contributed by atoms with Crippen molar-refractivity contribution in [1.82, 2.24) is 20.1 Å². The molecular weight excluding hydrogens is 268 g/mol. The molecule has 1 aliphatic rings. The normalized spacial score (nSPS) is 18.1. The SMILES string of the molecule is Cc1nc(CN2CCN(C)CC2)sc1CNCC(C)C. The fourth-order valence-corrected chi connectivity index (χ4v) is 3.47. The van der Waals surface area contributed by atoms with E-state index in [4.69, 9.17) is 4.98 Å².